The molecular weight excluding hydrogens is 330 g/mol. The minimum atomic E-state index is -0.478. The highest BCUT2D eigenvalue weighted by Crippen LogP contribution is 2.14. The molecule has 0 aliphatic rings. The molecule has 0 radical (unpaired) electrons. The second kappa shape index (κ2) is 9.04. The number of ether oxygens (including phenoxy) is 2. The largest absolute Gasteiger partial charge is 0.494 e. The summed E-state index contributed by atoms with van der Waals surface area (Å²) in [6, 6.07) is 13.1. The number of esters is 1. The van der Waals surface area contributed by atoms with Crippen molar-refractivity contribution in [3.63, 3.8) is 0 Å². The third-order valence-electron chi connectivity index (χ3n) is 4.02. The monoisotopic (exact) mass is 355 g/mol. The van der Waals surface area contributed by atoms with E-state index in [4.69, 9.17) is 9.47 Å². The standard InChI is InChI=1S/C21H25NO4/c1-5-25-18-10-8-17(9-11-18)13-22(4)20(23)14-26-21(24)19-12-15(2)6-7-16(19)3/h6-12H,5,13-14H2,1-4H3. The van der Waals surface area contributed by atoms with E-state index in [1.54, 1.807) is 13.1 Å². The second-order valence-electron chi connectivity index (χ2n) is 6.22. The number of rotatable bonds is 7. The Morgan fingerprint density at radius 1 is 1.04 bits per heavy atom. The number of amides is 1. The summed E-state index contributed by atoms with van der Waals surface area (Å²) in [4.78, 5) is 26.0. The van der Waals surface area contributed by atoms with Gasteiger partial charge >= 0.3 is 5.97 Å². The molecule has 2 aromatic carbocycles. The lowest BCUT2D eigenvalue weighted by Gasteiger charge is -2.17. The van der Waals surface area contributed by atoms with Gasteiger partial charge in [-0.25, -0.2) is 4.79 Å². The van der Waals surface area contributed by atoms with E-state index in [0.717, 1.165) is 22.4 Å². The molecule has 0 spiro atoms. The number of aryl methyl sites for hydroxylation is 2. The van der Waals surface area contributed by atoms with Crippen molar-refractivity contribution in [2.75, 3.05) is 20.3 Å². The zero-order valence-electron chi connectivity index (χ0n) is 15.7. The van der Waals surface area contributed by atoms with Crippen LogP contribution in [0.15, 0.2) is 42.5 Å². The lowest BCUT2D eigenvalue weighted by Crippen LogP contribution is -2.30. The molecule has 5 heteroatoms. The second-order valence-corrected chi connectivity index (χ2v) is 6.22. The highest BCUT2D eigenvalue weighted by Gasteiger charge is 2.15. The van der Waals surface area contributed by atoms with E-state index >= 15 is 0 Å². The van der Waals surface area contributed by atoms with Crippen LogP contribution in [0.3, 0.4) is 0 Å². The van der Waals surface area contributed by atoms with Crippen LogP contribution in [0.2, 0.25) is 0 Å². The summed E-state index contributed by atoms with van der Waals surface area (Å²) in [5, 5.41) is 0. The molecule has 0 saturated heterocycles. The molecule has 2 aromatic rings. The van der Waals surface area contributed by atoms with Gasteiger partial charge in [-0.1, -0.05) is 29.8 Å². The zero-order valence-corrected chi connectivity index (χ0v) is 15.7. The van der Waals surface area contributed by atoms with Gasteiger partial charge in [0.15, 0.2) is 6.61 Å². The molecule has 0 unspecified atom stereocenters. The summed E-state index contributed by atoms with van der Waals surface area (Å²) < 4.78 is 10.6. The average Bonchev–Trinajstić information content (AvgIpc) is 2.63. The van der Waals surface area contributed by atoms with Gasteiger partial charge in [-0.2, -0.15) is 0 Å². The van der Waals surface area contributed by atoms with E-state index in [0.29, 0.717) is 18.7 Å². The quantitative estimate of drug-likeness (QED) is 0.713. The maximum atomic E-state index is 12.2. The summed E-state index contributed by atoms with van der Waals surface area (Å²) in [6.45, 7) is 6.46. The van der Waals surface area contributed by atoms with Gasteiger partial charge in [-0.05, 0) is 50.1 Å². The Balaban J connectivity index is 1.88. The summed E-state index contributed by atoms with van der Waals surface area (Å²) in [7, 11) is 1.69. The summed E-state index contributed by atoms with van der Waals surface area (Å²) in [5.41, 5.74) is 3.27. The number of benzene rings is 2. The van der Waals surface area contributed by atoms with Crippen molar-refractivity contribution in [1.29, 1.82) is 0 Å². The topological polar surface area (TPSA) is 55.8 Å². The number of nitrogens with zero attached hydrogens (tertiary/aromatic N) is 1. The first-order valence-electron chi connectivity index (χ1n) is 8.60. The van der Waals surface area contributed by atoms with E-state index < -0.39 is 5.97 Å². The number of hydrogen-bond acceptors (Lipinski definition) is 4. The van der Waals surface area contributed by atoms with Crippen LogP contribution in [0.4, 0.5) is 0 Å². The first-order valence-corrected chi connectivity index (χ1v) is 8.60. The van der Waals surface area contributed by atoms with Crippen LogP contribution < -0.4 is 4.74 Å². The number of carbonyl (C=O) groups excluding carboxylic acids is 2. The van der Waals surface area contributed by atoms with Crippen molar-refractivity contribution in [3.05, 3.63) is 64.7 Å². The molecule has 0 N–H and O–H groups in total. The van der Waals surface area contributed by atoms with Crippen LogP contribution >= 0.6 is 0 Å². The maximum Gasteiger partial charge on any atom is 0.338 e. The highest BCUT2D eigenvalue weighted by molar-refractivity contribution is 5.92. The Labute approximate surface area is 154 Å². The Morgan fingerprint density at radius 3 is 2.38 bits per heavy atom. The lowest BCUT2D eigenvalue weighted by molar-refractivity contribution is -0.133. The minimum absolute atomic E-state index is 0.252. The van der Waals surface area contributed by atoms with E-state index in [1.807, 2.05) is 57.2 Å². The fraction of sp³-hybridized carbons (Fsp3) is 0.333. The van der Waals surface area contributed by atoms with Gasteiger partial charge in [0.25, 0.3) is 5.91 Å². The fourth-order valence-electron chi connectivity index (χ4n) is 2.49. The van der Waals surface area contributed by atoms with Gasteiger partial charge < -0.3 is 14.4 Å². The fourth-order valence-corrected chi connectivity index (χ4v) is 2.49. The molecule has 1 amide bonds. The Morgan fingerprint density at radius 2 is 1.73 bits per heavy atom. The van der Waals surface area contributed by atoms with Crippen molar-refractivity contribution in [2.45, 2.75) is 27.3 Å². The van der Waals surface area contributed by atoms with E-state index in [-0.39, 0.29) is 12.5 Å². The Bertz CT molecular complexity index is 768. The number of likely N-dealkylation sites (N-methyl/N-ethyl adjacent to an activating group) is 1. The SMILES string of the molecule is CCOc1ccc(CN(C)C(=O)COC(=O)c2cc(C)ccc2C)cc1. The van der Waals surface area contributed by atoms with Gasteiger partial charge in [-0.3, -0.25) is 4.79 Å². The van der Waals surface area contributed by atoms with E-state index in [2.05, 4.69) is 0 Å². The number of carbonyl (C=O) groups is 2. The van der Waals surface area contributed by atoms with Crippen molar-refractivity contribution < 1.29 is 19.1 Å². The van der Waals surface area contributed by atoms with Gasteiger partial charge in [0.05, 0.1) is 12.2 Å². The van der Waals surface area contributed by atoms with Crippen LogP contribution in [0, 0.1) is 13.8 Å². The normalized spacial score (nSPS) is 10.3. The molecule has 5 nitrogen and oxygen atoms in total. The number of hydrogen-bond donors (Lipinski definition) is 0. The van der Waals surface area contributed by atoms with Crippen LogP contribution in [-0.2, 0) is 16.1 Å². The van der Waals surface area contributed by atoms with Gasteiger partial charge in [0, 0.05) is 13.6 Å². The third kappa shape index (κ3) is 5.34. The summed E-state index contributed by atoms with van der Waals surface area (Å²) >= 11 is 0. The molecule has 0 atom stereocenters. The molecule has 2 rings (SSSR count). The van der Waals surface area contributed by atoms with E-state index in [1.165, 1.54) is 4.90 Å². The van der Waals surface area contributed by atoms with Crippen molar-refractivity contribution >= 4 is 11.9 Å². The molecular formula is C21H25NO4. The predicted molar refractivity (Wildman–Crippen MR) is 100 cm³/mol. The summed E-state index contributed by atoms with van der Waals surface area (Å²) in [6.07, 6.45) is 0. The smallest absolute Gasteiger partial charge is 0.338 e. The van der Waals surface area contributed by atoms with Crippen LogP contribution in [-0.4, -0.2) is 37.0 Å². The van der Waals surface area contributed by atoms with Gasteiger partial charge in [0.2, 0.25) is 0 Å². The van der Waals surface area contributed by atoms with E-state index in [9.17, 15) is 9.59 Å². The zero-order chi connectivity index (χ0) is 19.1. The van der Waals surface area contributed by atoms with Gasteiger partial charge in [0.1, 0.15) is 5.75 Å². The predicted octanol–water partition coefficient (Wildman–Crippen LogP) is 3.52. The molecule has 0 fully saturated rings. The van der Waals surface area contributed by atoms with Crippen LogP contribution in [0.5, 0.6) is 5.75 Å². The molecule has 26 heavy (non-hydrogen) atoms. The Kier molecular flexibility index (Phi) is 6.78. The average molecular weight is 355 g/mol. The lowest BCUT2D eigenvalue weighted by atomic mass is 10.1. The van der Waals surface area contributed by atoms with Crippen molar-refractivity contribution in [3.8, 4) is 5.75 Å². The van der Waals surface area contributed by atoms with Gasteiger partial charge in [-0.15, -0.1) is 0 Å². The first-order chi connectivity index (χ1) is 12.4. The Hall–Kier alpha value is -2.82. The first kappa shape index (κ1) is 19.5. The third-order valence-corrected chi connectivity index (χ3v) is 4.02. The molecule has 0 aromatic heterocycles. The molecule has 0 aliphatic heterocycles. The van der Waals surface area contributed by atoms with Crippen molar-refractivity contribution in [2.24, 2.45) is 0 Å². The molecule has 138 valence electrons. The molecule has 0 bridgehead atoms. The molecule has 0 saturated carbocycles. The summed E-state index contributed by atoms with van der Waals surface area (Å²) in [5.74, 6) is 0.0687. The minimum Gasteiger partial charge on any atom is -0.494 e. The van der Waals surface area contributed by atoms with Crippen molar-refractivity contribution in [1.82, 2.24) is 4.90 Å². The maximum absolute atomic E-state index is 12.2. The highest BCUT2D eigenvalue weighted by atomic mass is 16.5. The molecule has 0 heterocycles. The van der Waals surface area contributed by atoms with Crippen LogP contribution in [0.25, 0.3) is 0 Å². The molecule has 0 aliphatic carbocycles. The van der Waals surface area contributed by atoms with Crippen LogP contribution in [0.1, 0.15) is 34.0 Å².